The van der Waals surface area contributed by atoms with E-state index in [-0.39, 0.29) is 11.9 Å². The summed E-state index contributed by atoms with van der Waals surface area (Å²) in [6, 6.07) is 20.5. The van der Waals surface area contributed by atoms with Crippen molar-refractivity contribution in [3.63, 3.8) is 0 Å². The van der Waals surface area contributed by atoms with Crippen LogP contribution >= 0.6 is 0 Å². The van der Waals surface area contributed by atoms with Crippen LogP contribution in [0.2, 0.25) is 0 Å². The predicted molar refractivity (Wildman–Crippen MR) is 88.5 cm³/mol. The van der Waals surface area contributed by atoms with Gasteiger partial charge in [-0.25, -0.2) is 0 Å². The zero-order valence-electron chi connectivity index (χ0n) is 12.7. The van der Waals surface area contributed by atoms with Crippen LogP contribution in [-0.2, 0) is 4.79 Å². The molecule has 1 fully saturated rings. The molecule has 1 amide bonds. The lowest BCUT2D eigenvalue weighted by Gasteiger charge is -2.21. The van der Waals surface area contributed by atoms with Crippen LogP contribution in [0.25, 0.3) is 0 Å². The van der Waals surface area contributed by atoms with Gasteiger partial charge in [-0.2, -0.15) is 0 Å². The van der Waals surface area contributed by atoms with Crippen molar-refractivity contribution in [2.45, 2.75) is 31.3 Å². The first-order valence-corrected chi connectivity index (χ1v) is 7.95. The third-order valence-corrected chi connectivity index (χ3v) is 4.17. The average molecular weight is 294 g/mol. The van der Waals surface area contributed by atoms with Crippen molar-refractivity contribution >= 4 is 5.91 Å². The van der Waals surface area contributed by atoms with Gasteiger partial charge < -0.3 is 10.6 Å². The van der Waals surface area contributed by atoms with Crippen LogP contribution in [0.3, 0.4) is 0 Å². The number of nitrogens with one attached hydrogen (secondary N) is 2. The Kier molecular flexibility index (Phi) is 4.86. The van der Waals surface area contributed by atoms with Crippen LogP contribution in [0, 0.1) is 0 Å². The molecule has 1 aliphatic heterocycles. The molecule has 3 rings (SSSR count). The van der Waals surface area contributed by atoms with Crippen molar-refractivity contribution in [1.29, 1.82) is 0 Å². The van der Waals surface area contributed by atoms with Gasteiger partial charge in [0, 0.05) is 12.5 Å². The van der Waals surface area contributed by atoms with Crippen LogP contribution < -0.4 is 10.6 Å². The van der Waals surface area contributed by atoms with Gasteiger partial charge in [0.1, 0.15) is 0 Å². The molecule has 0 saturated carbocycles. The molecule has 0 aromatic heterocycles. The highest BCUT2D eigenvalue weighted by molar-refractivity contribution is 5.77. The lowest BCUT2D eigenvalue weighted by molar-refractivity contribution is -0.122. The van der Waals surface area contributed by atoms with Crippen molar-refractivity contribution in [2.24, 2.45) is 0 Å². The molecule has 2 aromatic rings. The highest BCUT2D eigenvalue weighted by atomic mass is 16.1. The number of hydrogen-bond donors (Lipinski definition) is 2. The van der Waals surface area contributed by atoms with Gasteiger partial charge in [0.05, 0.1) is 6.04 Å². The fourth-order valence-corrected chi connectivity index (χ4v) is 3.02. The molecule has 3 nitrogen and oxygen atoms in total. The first-order valence-electron chi connectivity index (χ1n) is 7.95. The average Bonchev–Trinajstić information content (AvgIpc) is 3.07. The highest BCUT2D eigenvalue weighted by Crippen LogP contribution is 2.22. The molecule has 0 spiro atoms. The van der Waals surface area contributed by atoms with Gasteiger partial charge in [-0.15, -0.1) is 0 Å². The van der Waals surface area contributed by atoms with Crippen molar-refractivity contribution in [2.75, 3.05) is 6.54 Å². The Hall–Kier alpha value is -2.13. The van der Waals surface area contributed by atoms with Crippen LogP contribution in [0.4, 0.5) is 0 Å². The minimum absolute atomic E-state index is 0.0868. The fraction of sp³-hybridized carbons (Fsp3) is 0.316. The van der Waals surface area contributed by atoms with Gasteiger partial charge in [0.2, 0.25) is 5.91 Å². The number of hydrogen-bond acceptors (Lipinski definition) is 2. The zero-order valence-corrected chi connectivity index (χ0v) is 12.7. The molecule has 114 valence electrons. The normalized spacial score (nSPS) is 17.6. The third-order valence-electron chi connectivity index (χ3n) is 4.17. The summed E-state index contributed by atoms with van der Waals surface area (Å²) in [5.41, 5.74) is 2.22. The number of carbonyl (C=O) groups is 1. The summed E-state index contributed by atoms with van der Waals surface area (Å²) in [4.78, 5) is 12.4. The molecule has 0 bridgehead atoms. The second kappa shape index (κ2) is 7.23. The summed E-state index contributed by atoms with van der Waals surface area (Å²) in [5.74, 6) is 0.108. The molecule has 1 unspecified atom stereocenters. The maximum absolute atomic E-state index is 12.4. The summed E-state index contributed by atoms with van der Waals surface area (Å²) in [6.07, 6.45) is 2.81. The van der Waals surface area contributed by atoms with Gasteiger partial charge in [-0.05, 0) is 30.5 Å². The van der Waals surface area contributed by atoms with Gasteiger partial charge in [-0.3, -0.25) is 4.79 Å². The Balaban J connectivity index is 1.75. The summed E-state index contributed by atoms with van der Waals surface area (Å²) >= 11 is 0. The first kappa shape index (κ1) is 14.8. The number of amides is 1. The smallest absolute Gasteiger partial charge is 0.222 e. The van der Waals surface area contributed by atoms with E-state index >= 15 is 0 Å². The first-order chi connectivity index (χ1) is 10.8. The molecule has 22 heavy (non-hydrogen) atoms. The minimum atomic E-state index is -0.0868. The SMILES string of the molecule is O=C(CC1CCCN1)NC(c1ccccc1)c1ccccc1. The third kappa shape index (κ3) is 3.74. The van der Waals surface area contributed by atoms with Crippen molar-refractivity contribution in [1.82, 2.24) is 10.6 Å². The molecule has 1 aliphatic rings. The fourth-order valence-electron chi connectivity index (χ4n) is 3.02. The van der Waals surface area contributed by atoms with Crippen molar-refractivity contribution in [3.8, 4) is 0 Å². The Bertz CT molecular complexity index is 552. The van der Waals surface area contributed by atoms with E-state index in [1.54, 1.807) is 0 Å². The molecule has 2 aromatic carbocycles. The summed E-state index contributed by atoms with van der Waals surface area (Å²) in [5, 5.41) is 6.58. The number of carbonyl (C=O) groups excluding carboxylic acids is 1. The van der Waals surface area contributed by atoms with Gasteiger partial charge in [-0.1, -0.05) is 60.7 Å². The van der Waals surface area contributed by atoms with Gasteiger partial charge >= 0.3 is 0 Å². The van der Waals surface area contributed by atoms with E-state index in [1.165, 1.54) is 6.42 Å². The summed E-state index contributed by atoms with van der Waals surface area (Å²) in [7, 11) is 0. The Morgan fingerprint density at radius 3 is 2.14 bits per heavy atom. The molecule has 2 N–H and O–H groups in total. The standard InChI is InChI=1S/C19H22N2O/c22-18(14-17-12-7-13-20-17)21-19(15-8-3-1-4-9-15)16-10-5-2-6-11-16/h1-6,8-11,17,19-20H,7,12-14H2,(H,21,22). The van der Waals surface area contributed by atoms with E-state index in [0.29, 0.717) is 12.5 Å². The molecule has 1 heterocycles. The van der Waals surface area contributed by atoms with E-state index in [0.717, 1.165) is 24.1 Å². The largest absolute Gasteiger partial charge is 0.345 e. The van der Waals surface area contributed by atoms with Crippen LogP contribution in [0.15, 0.2) is 60.7 Å². The van der Waals surface area contributed by atoms with E-state index in [4.69, 9.17) is 0 Å². The van der Waals surface area contributed by atoms with Crippen LogP contribution in [0.1, 0.15) is 36.4 Å². The molecular formula is C19H22N2O. The molecule has 1 saturated heterocycles. The zero-order chi connectivity index (χ0) is 15.2. The molecular weight excluding hydrogens is 272 g/mol. The maximum Gasteiger partial charge on any atom is 0.222 e. The molecule has 0 radical (unpaired) electrons. The quantitative estimate of drug-likeness (QED) is 0.890. The van der Waals surface area contributed by atoms with Crippen LogP contribution in [0.5, 0.6) is 0 Å². The Labute approximate surface area is 131 Å². The van der Waals surface area contributed by atoms with E-state index in [1.807, 2.05) is 36.4 Å². The molecule has 3 heteroatoms. The Morgan fingerprint density at radius 1 is 1.05 bits per heavy atom. The van der Waals surface area contributed by atoms with E-state index < -0.39 is 0 Å². The minimum Gasteiger partial charge on any atom is -0.345 e. The van der Waals surface area contributed by atoms with E-state index in [2.05, 4.69) is 34.9 Å². The monoisotopic (exact) mass is 294 g/mol. The molecule has 1 atom stereocenters. The number of rotatable bonds is 5. The summed E-state index contributed by atoms with van der Waals surface area (Å²) < 4.78 is 0. The highest BCUT2D eigenvalue weighted by Gasteiger charge is 2.21. The van der Waals surface area contributed by atoms with Gasteiger partial charge in [0.25, 0.3) is 0 Å². The maximum atomic E-state index is 12.4. The van der Waals surface area contributed by atoms with Crippen molar-refractivity contribution in [3.05, 3.63) is 71.8 Å². The summed E-state index contributed by atoms with van der Waals surface area (Å²) in [6.45, 7) is 1.03. The van der Waals surface area contributed by atoms with Crippen LogP contribution in [-0.4, -0.2) is 18.5 Å². The van der Waals surface area contributed by atoms with Crippen molar-refractivity contribution < 1.29 is 4.79 Å². The molecule has 0 aliphatic carbocycles. The Morgan fingerprint density at radius 2 is 1.64 bits per heavy atom. The second-order valence-corrected chi connectivity index (χ2v) is 5.82. The second-order valence-electron chi connectivity index (χ2n) is 5.82. The lowest BCUT2D eigenvalue weighted by atomic mass is 9.98. The number of benzene rings is 2. The predicted octanol–water partition coefficient (Wildman–Crippen LogP) is 3.03. The van der Waals surface area contributed by atoms with E-state index in [9.17, 15) is 4.79 Å². The lowest BCUT2D eigenvalue weighted by Crippen LogP contribution is -2.34. The topological polar surface area (TPSA) is 41.1 Å². The van der Waals surface area contributed by atoms with Gasteiger partial charge in [0.15, 0.2) is 0 Å².